The molecule has 0 radical (unpaired) electrons. The van der Waals surface area contributed by atoms with Crippen LogP contribution >= 0.6 is 0 Å². The second-order valence-electron chi connectivity index (χ2n) is 4.87. The van der Waals surface area contributed by atoms with Crippen molar-refractivity contribution in [1.82, 2.24) is 0 Å². The highest BCUT2D eigenvalue weighted by Gasteiger charge is 2.01. The summed E-state index contributed by atoms with van der Waals surface area (Å²) in [5, 5.41) is 0. The molecule has 0 saturated carbocycles. The Kier molecular flexibility index (Phi) is 6.06. The van der Waals surface area contributed by atoms with Crippen LogP contribution in [0.25, 0.3) is 0 Å². The van der Waals surface area contributed by atoms with Crippen molar-refractivity contribution >= 4 is 0 Å². The minimum Gasteiger partial charge on any atom is -0.491 e. The SMILES string of the molecule is CCC(N)CCCc1ccc(OC(C)C)cc1. The van der Waals surface area contributed by atoms with Gasteiger partial charge >= 0.3 is 0 Å². The molecule has 96 valence electrons. The number of benzene rings is 1. The van der Waals surface area contributed by atoms with Crippen molar-refractivity contribution in [3.8, 4) is 5.75 Å². The third-order valence-electron chi connectivity index (χ3n) is 2.86. The van der Waals surface area contributed by atoms with Gasteiger partial charge in [0.2, 0.25) is 0 Å². The minimum absolute atomic E-state index is 0.239. The Bertz CT molecular complexity index is 305. The van der Waals surface area contributed by atoms with Crippen LogP contribution in [0, 0.1) is 0 Å². The predicted molar refractivity (Wildman–Crippen MR) is 73.4 cm³/mol. The normalized spacial score (nSPS) is 12.8. The largest absolute Gasteiger partial charge is 0.491 e. The fourth-order valence-electron chi connectivity index (χ4n) is 1.78. The molecule has 2 heteroatoms. The Labute approximate surface area is 105 Å². The van der Waals surface area contributed by atoms with Gasteiger partial charge in [0.25, 0.3) is 0 Å². The fourth-order valence-corrected chi connectivity index (χ4v) is 1.78. The van der Waals surface area contributed by atoms with E-state index >= 15 is 0 Å². The summed E-state index contributed by atoms with van der Waals surface area (Å²) < 4.78 is 5.61. The molecule has 1 atom stereocenters. The first kappa shape index (κ1) is 14.0. The number of ether oxygens (including phenoxy) is 1. The van der Waals surface area contributed by atoms with E-state index < -0.39 is 0 Å². The lowest BCUT2D eigenvalue weighted by atomic mass is 10.0. The maximum absolute atomic E-state index is 5.90. The summed E-state index contributed by atoms with van der Waals surface area (Å²) in [5.41, 5.74) is 7.26. The van der Waals surface area contributed by atoms with Crippen molar-refractivity contribution in [1.29, 1.82) is 0 Å². The molecule has 1 unspecified atom stereocenters. The molecule has 1 aromatic carbocycles. The molecule has 0 heterocycles. The summed E-state index contributed by atoms with van der Waals surface area (Å²) in [4.78, 5) is 0. The lowest BCUT2D eigenvalue weighted by molar-refractivity contribution is 0.242. The van der Waals surface area contributed by atoms with Gasteiger partial charge in [-0.25, -0.2) is 0 Å². The molecule has 0 aliphatic rings. The van der Waals surface area contributed by atoms with Gasteiger partial charge in [-0.1, -0.05) is 19.1 Å². The summed E-state index contributed by atoms with van der Waals surface area (Å²) in [6.45, 7) is 6.23. The second-order valence-corrected chi connectivity index (χ2v) is 4.87. The molecule has 2 nitrogen and oxygen atoms in total. The fraction of sp³-hybridized carbons (Fsp3) is 0.600. The number of hydrogen-bond donors (Lipinski definition) is 1. The van der Waals surface area contributed by atoms with Crippen LogP contribution in [-0.2, 0) is 6.42 Å². The first-order valence-corrected chi connectivity index (χ1v) is 6.63. The average Bonchev–Trinajstić information content (AvgIpc) is 2.30. The van der Waals surface area contributed by atoms with Crippen molar-refractivity contribution in [3.63, 3.8) is 0 Å². The van der Waals surface area contributed by atoms with E-state index in [-0.39, 0.29) is 6.10 Å². The van der Waals surface area contributed by atoms with Gasteiger partial charge in [0.05, 0.1) is 6.10 Å². The van der Waals surface area contributed by atoms with Gasteiger partial charge in [0.1, 0.15) is 5.75 Å². The van der Waals surface area contributed by atoms with Crippen molar-refractivity contribution in [2.45, 2.75) is 58.6 Å². The lowest BCUT2D eigenvalue weighted by Gasteiger charge is -2.11. The van der Waals surface area contributed by atoms with E-state index in [0.29, 0.717) is 6.04 Å². The van der Waals surface area contributed by atoms with Gasteiger partial charge in [0.15, 0.2) is 0 Å². The summed E-state index contributed by atoms with van der Waals surface area (Å²) >= 11 is 0. The van der Waals surface area contributed by atoms with E-state index in [1.54, 1.807) is 0 Å². The molecule has 0 amide bonds. The van der Waals surface area contributed by atoms with Crippen LogP contribution in [0.4, 0.5) is 0 Å². The second kappa shape index (κ2) is 7.33. The van der Waals surface area contributed by atoms with E-state index in [1.165, 1.54) is 12.0 Å². The molecule has 0 spiro atoms. The zero-order valence-corrected chi connectivity index (χ0v) is 11.3. The van der Waals surface area contributed by atoms with E-state index in [2.05, 4.69) is 31.2 Å². The molecule has 0 aliphatic heterocycles. The predicted octanol–water partition coefficient (Wildman–Crippen LogP) is 3.53. The third kappa shape index (κ3) is 5.73. The molecule has 1 rings (SSSR count). The Balaban J connectivity index is 2.35. The number of aryl methyl sites for hydroxylation is 1. The molecular formula is C15H25NO. The van der Waals surface area contributed by atoms with Gasteiger partial charge in [-0.3, -0.25) is 0 Å². The Morgan fingerprint density at radius 2 is 1.82 bits per heavy atom. The summed E-state index contributed by atoms with van der Waals surface area (Å²) in [7, 11) is 0. The van der Waals surface area contributed by atoms with Crippen LogP contribution in [0.2, 0.25) is 0 Å². The van der Waals surface area contributed by atoms with Crippen LogP contribution in [0.1, 0.15) is 45.6 Å². The molecule has 0 bridgehead atoms. The minimum atomic E-state index is 0.239. The highest BCUT2D eigenvalue weighted by Crippen LogP contribution is 2.15. The van der Waals surface area contributed by atoms with Crippen molar-refractivity contribution in [2.75, 3.05) is 0 Å². The molecule has 0 saturated heterocycles. The van der Waals surface area contributed by atoms with Gasteiger partial charge in [-0.05, 0) is 57.2 Å². The van der Waals surface area contributed by atoms with Crippen LogP contribution in [0.3, 0.4) is 0 Å². The third-order valence-corrected chi connectivity index (χ3v) is 2.86. The van der Waals surface area contributed by atoms with Crippen LogP contribution < -0.4 is 10.5 Å². The van der Waals surface area contributed by atoms with Crippen LogP contribution in [0.5, 0.6) is 5.75 Å². The molecule has 0 fully saturated rings. The lowest BCUT2D eigenvalue weighted by Crippen LogP contribution is -2.18. The van der Waals surface area contributed by atoms with Crippen LogP contribution in [0.15, 0.2) is 24.3 Å². The Hall–Kier alpha value is -1.02. The highest BCUT2D eigenvalue weighted by molar-refractivity contribution is 5.27. The van der Waals surface area contributed by atoms with E-state index in [4.69, 9.17) is 10.5 Å². The maximum atomic E-state index is 5.90. The van der Waals surface area contributed by atoms with Crippen molar-refractivity contribution < 1.29 is 4.74 Å². The van der Waals surface area contributed by atoms with Gasteiger partial charge in [-0.15, -0.1) is 0 Å². The van der Waals surface area contributed by atoms with Crippen molar-refractivity contribution in [2.24, 2.45) is 5.73 Å². The van der Waals surface area contributed by atoms with Crippen molar-refractivity contribution in [3.05, 3.63) is 29.8 Å². The Morgan fingerprint density at radius 3 is 2.35 bits per heavy atom. The first-order chi connectivity index (χ1) is 8.11. The molecule has 0 aliphatic carbocycles. The monoisotopic (exact) mass is 235 g/mol. The van der Waals surface area contributed by atoms with Crippen LogP contribution in [-0.4, -0.2) is 12.1 Å². The smallest absolute Gasteiger partial charge is 0.119 e. The molecule has 17 heavy (non-hydrogen) atoms. The maximum Gasteiger partial charge on any atom is 0.119 e. The number of hydrogen-bond acceptors (Lipinski definition) is 2. The standard InChI is InChI=1S/C15H25NO/c1-4-14(16)7-5-6-13-8-10-15(11-9-13)17-12(2)3/h8-12,14H,4-7,16H2,1-3H3. The van der Waals surface area contributed by atoms with Gasteiger partial charge < -0.3 is 10.5 Å². The quantitative estimate of drug-likeness (QED) is 0.784. The summed E-state index contributed by atoms with van der Waals surface area (Å²) in [5.74, 6) is 0.953. The first-order valence-electron chi connectivity index (χ1n) is 6.63. The Morgan fingerprint density at radius 1 is 1.18 bits per heavy atom. The number of nitrogens with two attached hydrogens (primary N) is 1. The molecular weight excluding hydrogens is 210 g/mol. The zero-order chi connectivity index (χ0) is 12.7. The molecule has 2 N–H and O–H groups in total. The van der Waals surface area contributed by atoms with Gasteiger partial charge in [-0.2, -0.15) is 0 Å². The summed E-state index contributed by atoms with van der Waals surface area (Å²) in [6.07, 6.45) is 4.69. The molecule has 0 aromatic heterocycles. The van der Waals surface area contributed by atoms with E-state index in [1.807, 2.05) is 13.8 Å². The van der Waals surface area contributed by atoms with E-state index in [0.717, 1.165) is 25.0 Å². The highest BCUT2D eigenvalue weighted by atomic mass is 16.5. The number of rotatable bonds is 7. The topological polar surface area (TPSA) is 35.2 Å². The summed E-state index contributed by atoms with van der Waals surface area (Å²) in [6, 6.07) is 8.76. The zero-order valence-electron chi connectivity index (χ0n) is 11.3. The van der Waals surface area contributed by atoms with E-state index in [9.17, 15) is 0 Å². The van der Waals surface area contributed by atoms with Gasteiger partial charge in [0, 0.05) is 6.04 Å². The average molecular weight is 235 g/mol. The molecule has 1 aromatic rings.